The highest BCUT2D eigenvalue weighted by Crippen LogP contribution is 2.24. The van der Waals surface area contributed by atoms with Crippen LogP contribution in [-0.2, 0) is 0 Å². The molecule has 0 unspecified atom stereocenters. The van der Waals surface area contributed by atoms with Gasteiger partial charge in [0.05, 0.1) is 6.54 Å². The van der Waals surface area contributed by atoms with Crippen molar-refractivity contribution in [2.75, 3.05) is 19.6 Å². The predicted molar refractivity (Wildman–Crippen MR) is 72.2 cm³/mol. The van der Waals surface area contributed by atoms with E-state index < -0.39 is 0 Å². The van der Waals surface area contributed by atoms with E-state index in [1.807, 2.05) is 12.1 Å². The highest BCUT2D eigenvalue weighted by Gasteiger charge is 2.14. The van der Waals surface area contributed by atoms with Crippen LogP contribution in [0.1, 0.15) is 29.9 Å². The lowest BCUT2D eigenvalue weighted by molar-refractivity contribution is 0.460. The minimum atomic E-state index is 0.229. The Morgan fingerprint density at radius 2 is 2.00 bits per heavy atom. The Hall–Kier alpha value is -1.95. The summed E-state index contributed by atoms with van der Waals surface area (Å²) in [5.74, 6) is 6.48. The van der Waals surface area contributed by atoms with Gasteiger partial charge >= 0.3 is 0 Å². The Labute approximate surface area is 107 Å². The average Bonchev–Trinajstić information content (AvgIpc) is 2.45. The molecule has 0 saturated carbocycles. The van der Waals surface area contributed by atoms with Crippen molar-refractivity contribution in [2.24, 2.45) is 5.11 Å². The maximum atomic E-state index is 8.13. The summed E-state index contributed by atoms with van der Waals surface area (Å²) in [5.41, 5.74) is 10.5. The molecule has 0 aliphatic carbocycles. The molecule has 0 atom stereocenters. The van der Waals surface area contributed by atoms with Gasteiger partial charge in [-0.25, -0.2) is 0 Å². The van der Waals surface area contributed by atoms with Crippen LogP contribution in [0, 0.1) is 11.8 Å². The predicted octanol–water partition coefficient (Wildman–Crippen LogP) is 2.82. The zero-order chi connectivity index (χ0) is 12.6. The van der Waals surface area contributed by atoms with Gasteiger partial charge < -0.3 is 5.32 Å². The van der Waals surface area contributed by atoms with Crippen LogP contribution in [-0.4, -0.2) is 19.6 Å². The van der Waals surface area contributed by atoms with Gasteiger partial charge in [0.15, 0.2) is 0 Å². The molecule has 0 bridgehead atoms. The highest BCUT2D eigenvalue weighted by molar-refractivity contribution is 5.37. The molecule has 1 fully saturated rings. The second kappa shape index (κ2) is 6.70. The van der Waals surface area contributed by atoms with Crippen molar-refractivity contribution in [1.29, 1.82) is 0 Å². The first kappa shape index (κ1) is 12.5. The van der Waals surface area contributed by atoms with Crippen LogP contribution in [0.15, 0.2) is 29.4 Å². The molecule has 1 aliphatic rings. The van der Waals surface area contributed by atoms with Gasteiger partial charge in [0.2, 0.25) is 0 Å². The normalized spacial score (nSPS) is 15.3. The number of benzene rings is 1. The Bertz CT molecular complexity index is 483. The fourth-order valence-corrected chi connectivity index (χ4v) is 2.20. The lowest BCUT2D eigenvalue weighted by Gasteiger charge is -2.22. The molecule has 1 saturated heterocycles. The molecular weight excluding hydrogens is 224 g/mol. The monoisotopic (exact) mass is 240 g/mol. The molecule has 0 radical (unpaired) electrons. The highest BCUT2D eigenvalue weighted by atomic mass is 15.1. The van der Waals surface area contributed by atoms with Crippen LogP contribution < -0.4 is 5.32 Å². The lowest BCUT2D eigenvalue weighted by atomic mass is 9.90. The maximum Gasteiger partial charge on any atom is 0.0880 e. The van der Waals surface area contributed by atoms with Crippen molar-refractivity contribution >= 4 is 0 Å². The van der Waals surface area contributed by atoms with E-state index in [4.69, 9.17) is 5.53 Å². The zero-order valence-corrected chi connectivity index (χ0v) is 10.3. The number of rotatable bonds is 2. The summed E-state index contributed by atoms with van der Waals surface area (Å²) >= 11 is 0. The van der Waals surface area contributed by atoms with Crippen molar-refractivity contribution in [1.82, 2.24) is 5.32 Å². The third kappa shape index (κ3) is 3.53. The quantitative estimate of drug-likeness (QED) is 0.367. The van der Waals surface area contributed by atoms with Gasteiger partial charge in [0, 0.05) is 10.5 Å². The van der Waals surface area contributed by atoms with Crippen LogP contribution in [0.3, 0.4) is 0 Å². The molecule has 4 nitrogen and oxygen atoms in total. The smallest absolute Gasteiger partial charge is 0.0880 e. The zero-order valence-electron chi connectivity index (χ0n) is 10.3. The Morgan fingerprint density at radius 1 is 1.28 bits per heavy atom. The van der Waals surface area contributed by atoms with Gasteiger partial charge in [0.25, 0.3) is 0 Å². The lowest BCUT2D eigenvalue weighted by Crippen LogP contribution is -2.26. The third-order valence-corrected chi connectivity index (χ3v) is 3.17. The summed E-state index contributed by atoms with van der Waals surface area (Å²) in [6.07, 6.45) is 2.42. The minimum Gasteiger partial charge on any atom is -0.317 e. The number of nitrogens with one attached hydrogen (secondary N) is 1. The Morgan fingerprint density at radius 3 is 2.67 bits per heavy atom. The largest absolute Gasteiger partial charge is 0.317 e. The average molecular weight is 240 g/mol. The molecule has 1 heterocycles. The Balaban J connectivity index is 1.99. The van der Waals surface area contributed by atoms with Gasteiger partial charge in [-0.05, 0) is 55.1 Å². The van der Waals surface area contributed by atoms with E-state index in [9.17, 15) is 0 Å². The molecule has 1 N–H and O–H groups in total. The molecule has 0 spiro atoms. The summed E-state index contributed by atoms with van der Waals surface area (Å²) in [6.45, 7) is 2.45. The van der Waals surface area contributed by atoms with E-state index in [1.54, 1.807) is 0 Å². The standard InChI is InChI=1S/C14H16N4/c15-18-17-9-1-2-12-3-5-13(6-4-12)14-7-10-16-11-8-14/h3-6,14,16H,7-11H2. The maximum absolute atomic E-state index is 8.13. The fraction of sp³-hybridized carbons (Fsp3) is 0.429. The molecule has 92 valence electrons. The van der Waals surface area contributed by atoms with Gasteiger partial charge in [-0.15, -0.1) is 0 Å². The number of hydrogen-bond acceptors (Lipinski definition) is 2. The van der Waals surface area contributed by atoms with Gasteiger partial charge in [-0.2, -0.15) is 0 Å². The summed E-state index contributed by atoms with van der Waals surface area (Å²) in [5, 5.41) is 6.75. The van der Waals surface area contributed by atoms with Crippen molar-refractivity contribution in [3.8, 4) is 11.8 Å². The first-order chi connectivity index (χ1) is 8.90. The molecule has 2 rings (SSSR count). The van der Waals surface area contributed by atoms with Gasteiger partial charge in [-0.3, -0.25) is 0 Å². The van der Waals surface area contributed by atoms with E-state index in [1.165, 1.54) is 18.4 Å². The number of azide groups is 1. The summed E-state index contributed by atoms with van der Waals surface area (Å²) < 4.78 is 0. The van der Waals surface area contributed by atoms with E-state index in [2.05, 4.69) is 39.3 Å². The Kier molecular flexibility index (Phi) is 4.66. The number of nitrogens with zero attached hydrogens (tertiary/aromatic N) is 3. The van der Waals surface area contributed by atoms with Crippen LogP contribution in [0.5, 0.6) is 0 Å². The summed E-state index contributed by atoms with van der Waals surface area (Å²) in [4.78, 5) is 2.66. The second-order valence-electron chi connectivity index (χ2n) is 4.34. The molecule has 1 aromatic carbocycles. The summed E-state index contributed by atoms with van der Waals surface area (Å²) in [7, 11) is 0. The first-order valence-electron chi connectivity index (χ1n) is 6.20. The molecular formula is C14H16N4. The summed E-state index contributed by atoms with van der Waals surface area (Å²) in [6, 6.07) is 8.40. The molecule has 0 amide bonds. The van der Waals surface area contributed by atoms with Crippen LogP contribution in [0.25, 0.3) is 10.4 Å². The number of piperidine rings is 1. The molecule has 1 aliphatic heterocycles. The fourth-order valence-electron chi connectivity index (χ4n) is 2.20. The van der Waals surface area contributed by atoms with Crippen molar-refractivity contribution in [3.05, 3.63) is 45.8 Å². The van der Waals surface area contributed by atoms with E-state index in [0.29, 0.717) is 5.92 Å². The second-order valence-corrected chi connectivity index (χ2v) is 4.34. The molecule has 18 heavy (non-hydrogen) atoms. The number of hydrogen-bond donors (Lipinski definition) is 1. The van der Waals surface area contributed by atoms with Gasteiger partial charge in [-0.1, -0.05) is 29.1 Å². The van der Waals surface area contributed by atoms with Crippen molar-refractivity contribution < 1.29 is 0 Å². The SMILES string of the molecule is [N-]=[N+]=NCC#Cc1ccc(C2CCNCC2)cc1. The van der Waals surface area contributed by atoms with E-state index >= 15 is 0 Å². The minimum absolute atomic E-state index is 0.229. The van der Waals surface area contributed by atoms with E-state index in [-0.39, 0.29) is 6.54 Å². The van der Waals surface area contributed by atoms with Gasteiger partial charge in [0.1, 0.15) is 0 Å². The topological polar surface area (TPSA) is 60.8 Å². The third-order valence-electron chi connectivity index (χ3n) is 3.17. The van der Waals surface area contributed by atoms with Crippen molar-refractivity contribution in [2.45, 2.75) is 18.8 Å². The first-order valence-corrected chi connectivity index (χ1v) is 6.20. The molecule has 0 aromatic heterocycles. The molecule has 4 heteroatoms. The van der Waals surface area contributed by atoms with Crippen molar-refractivity contribution in [3.63, 3.8) is 0 Å². The van der Waals surface area contributed by atoms with Crippen LogP contribution in [0.4, 0.5) is 0 Å². The van der Waals surface area contributed by atoms with Crippen LogP contribution >= 0.6 is 0 Å². The van der Waals surface area contributed by atoms with Crippen LogP contribution in [0.2, 0.25) is 0 Å². The van der Waals surface area contributed by atoms with E-state index in [0.717, 1.165) is 18.7 Å². The molecule has 1 aromatic rings.